The number of carbonyl (C=O) groups is 1. The first-order chi connectivity index (χ1) is 18.6. The molecule has 1 unspecified atom stereocenters. The van der Waals surface area contributed by atoms with Crippen LogP contribution in [-0.4, -0.2) is 63.6 Å². The van der Waals surface area contributed by atoms with Crippen LogP contribution in [-0.2, 0) is 24.2 Å². The van der Waals surface area contributed by atoms with Crippen molar-refractivity contribution in [3.8, 4) is 28.6 Å². The molecule has 0 radical (unpaired) electrons. The van der Waals surface area contributed by atoms with Gasteiger partial charge in [0.15, 0.2) is 0 Å². The molecule has 0 aliphatic carbocycles. The molecular weight excluding hydrogens is 496 g/mol. The van der Waals surface area contributed by atoms with E-state index in [1.807, 2.05) is 26.0 Å². The Morgan fingerprint density at radius 3 is 2.49 bits per heavy atom. The highest BCUT2D eigenvalue weighted by Gasteiger charge is 2.20. The van der Waals surface area contributed by atoms with Gasteiger partial charge in [-0.2, -0.15) is 4.98 Å². The van der Waals surface area contributed by atoms with Crippen LogP contribution in [0.2, 0.25) is 0 Å². The summed E-state index contributed by atoms with van der Waals surface area (Å²) in [6.07, 6.45) is 1.19. The van der Waals surface area contributed by atoms with Gasteiger partial charge in [0.05, 0.1) is 6.10 Å². The van der Waals surface area contributed by atoms with Crippen LogP contribution < -0.4 is 10.5 Å². The Hall–Kier alpha value is -3.27. The first-order valence-electron chi connectivity index (χ1n) is 13.7. The number of benzene rings is 2. The third kappa shape index (κ3) is 8.36. The highest BCUT2D eigenvalue weighted by atomic mass is 16.5. The topological polar surface area (TPSA) is 135 Å². The standard InChI is InChI=1S/C30H42N4O5/c1-6-9-20-12-21(17-34(5)10-7-2)14-24(13-20)30-32-29(33-39-30)23-11-19(4)27(22(8-3)15-23)38-18-25(35)16-26(36)28(31)37/h11-15,25-26,35-36H,6-10,16-18H2,1-5H3,(H2,31,37)/t25-,26?/m0/s1. The third-order valence-corrected chi connectivity index (χ3v) is 6.56. The molecule has 0 fully saturated rings. The maximum absolute atomic E-state index is 11.1. The van der Waals surface area contributed by atoms with Gasteiger partial charge in [-0.3, -0.25) is 4.79 Å². The molecule has 212 valence electrons. The molecule has 1 amide bonds. The van der Waals surface area contributed by atoms with E-state index in [0.29, 0.717) is 23.9 Å². The Morgan fingerprint density at radius 2 is 1.82 bits per heavy atom. The number of nitrogens with two attached hydrogens (primary N) is 1. The van der Waals surface area contributed by atoms with E-state index in [9.17, 15) is 15.0 Å². The Labute approximate surface area is 231 Å². The number of carbonyl (C=O) groups excluding carboxylic acids is 1. The minimum Gasteiger partial charge on any atom is -0.490 e. The van der Waals surface area contributed by atoms with Crippen LogP contribution >= 0.6 is 0 Å². The van der Waals surface area contributed by atoms with Crippen molar-refractivity contribution in [3.05, 3.63) is 52.6 Å². The molecule has 2 atom stereocenters. The zero-order chi connectivity index (χ0) is 28.5. The molecule has 39 heavy (non-hydrogen) atoms. The average molecular weight is 539 g/mol. The van der Waals surface area contributed by atoms with Gasteiger partial charge >= 0.3 is 0 Å². The Morgan fingerprint density at radius 1 is 1.08 bits per heavy atom. The summed E-state index contributed by atoms with van der Waals surface area (Å²) in [5.41, 5.74) is 11.0. The number of ether oxygens (including phenoxy) is 1. The van der Waals surface area contributed by atoms with Crippen LogP contribution in [0.3, 0.4) is 0 Å². The van der Waals surface area contributed by atoms with E-state index in [1.165, 1.54) is 11.1 Å². The highest BCUT2D eigenvalue weighted by molar-refractivity contribution is 5.78. The summed E-state index contributed by atoms with van der Waals surface area (Å²) < 4.78 is 11.6. The van der Waals surface area contributed by atoms with Gasteiger partial charge < -0.3 is 30.1 Å². The molecule has 9 nitrogen and oxygen atoms in total. The number of aliphatic hydroxyl groups is 2. The summed E-state index contributed by atoms with van der Waals surface area (Å²) in [6.45, 7) is 10.1. The minimum absolute atomic E-state index is 0.0756. The fourth-order valence-corrected chi connectivity index (χ4v) is 4.71. The van der Waals surface area contributed by atoms with Gasteiger partial charge in [-0.1, -0.05) is 38.4 Å². The second-order valence-electron chi connectivity index (χ2n) is 10.2. The van der Waals surface area contributed by atoms with Crippen LogP contribution in [0.15, 0.2) is 34.9 Å². The number of aryl methyl sites for hydroxylation is 3. The summed E-state index contributed by atoms with van der Waals surface area (Å²) in [6, 6.07) is 10.4. The van der Waals surface area contributed by atoms with Crippen molar-refractivity contribution < 1.29 is 24.3 Å². The molecule has 0 spiro atoms. The lowest BCUT2D eigenvalue weighted by Crippen LogP contribution is -2.33. The van der Waals surface area contributed by atoms with Crippen molar-refractivity contribution in [2.75, 3.05) is 20.2 Å². The smallest absolute Gasteiger partial charge is 0.258 e. The second-order valence-corrected chi connectivity index (χ2v) is 10.2. The van der Waals surface area contributed by atoms with Crippen LogP contribution in [0.4, 0.5) is 0 Å². The minimum atomic E-state index is -1.42. The van der Waals surface area contributed by atoms with E-state index in [1.54, 1.807) is 0 Å². The van der Waals surface area contributed by atoms with E-state index in [-0.39, 0.29) is 13.0 Å². The number of hydrogen-bond donors (Lipinski definition) is 3. The van der Waals surface area contributed by atoms with Crippen molar-refractivity contribution in [1.82, 2.24) is 15.0 Å². The Bertz CT molecular complexity index is 1240. The molecule has 0 bridgehead atoms. The SMILES string of the molecule is CCCc1cc(CN(C)CCC)cc(-c2nc(-c3cc(C)c(OC[C@@H](O)CC(O)C(N)=O)c(CC)c3)no2)c1. The lowest BCUT2D eigenvalue weighted by molar-refractivity contribution is -0.127. The predicted octanol–water partition coefficient (Wildman–Crippen LogP) is 4.04. The molecule has 2 aromatic carbocycles. The molecule has 3 rings (SSSR count). The van der Waals surface area contributed by atoms with Crippen molar-refractivity contribution >= 4 is 5.91 Å². The summed E-state index contributed by atoms with van der Waals surface area (Å²) in [5, 5.41) is 24.0. The Balaban J connectivity index is 1.84. The van der Waals surface area contributed by atoms with Gasteiger partial charge in [-0.05, 0) is 86.3 Å². The van der Waals surface area contributed by atoms with Gasteiger partial charge in [0.2, 0.25) is 11.7 Å². The largest absolute Gasteiger partial charge is 0.490 e. The molecule has 0 aliphatic heterocycles. The fraction of sp³-hybridized carbons (Fsp3) is 0.500. The van der Waals surface area contributed by atoms with Crippen molar-refractivity contribution in [2.45, 2.75) is 78.6 Å². The van der Waals surface area contributed by atoms with E-state index in [2.05, 4.69) is 49.2 Å². The summed E-state index contributed by atoms with van der Waals surface area (Å²) >= 11 is 0. The number of aromatic nitrogens is 2. The van der Waals surface area contributed by atoms with E-state index in [0.717, 1.165) is 54.6 Å². The molecule has 1 aromatic heterocycles. The first-order valence-corrected chi connectivity index (χ1v) is 13.7. The number of primary amides is 1. The van der Waals surface area contributed by atoms with Gasteiger partial charge in [0, 0.05) is 24.1 Å². The summed E-state index contributed by atoms with van der Waals surface area (Å²) in [7, 11) is 2.13. The normalized spacial score (nSPS) is 13.0. The molecule has 9 heteroatoms. The van der Waals surface area contributed by atoms with Crippen molar-refractivity contribution in [2.24, 2.45) is 5.73 Å². The predicted molar refractivity (Wildman–Crippen MR) is 151 cm³/mol. The molecule has 3 aromatic rings. The first kappa shape index (κ1) is 30.3. The zero-order valence-corrected chi connectivity index (χ0v) is 23.7. The van der Waals surface area contributed by atoms with E-state index < -0.39 is 18.1 Å². The summed E-state index contributed by atoms with van der Waals surface area (Å²) in [5.74, 6) is 0.741. The van der Waals surface area contributed by atoms with Crippen LogP contribution in [0.25, 0.3) is 22.8 Å². The molecule has 0 saturated heterocycles. The van der Waals surface area contributed by atoms with Gasteiger partial charge in [-0.25, -0.2) is 0 Å². The van der Waals surface area contributed by atoms with Gasteiger partial charge in [0.1, 0.15) is 18.5 Å². The maximum Gasteiger partial charge on any atom is 0.258 e. The highest BCUT2D eigenvalue weighted by Crippen LogP contribution is 2.32. The van der Waals surface area contributed by atoms with Gasteiger partial charge in [-0.15, -0.1) is 0 Å². The lowest BCUT2D eigenvalue weighted by Gasteiger charge is -2.18. The Kier molecular flexibility index (Phi) is 11.0. The van der Waals surface area contributed by atoms with Gasteiger partial charge in [0.25, 0.3) is 5.89 Å². The average Bonchev–Trinajstić information content (AvgIpc) is 3.38. The quantitative estimate of drug-likeness (QED) is 0.264. The third-order valence-electron chi connectivity index (χ3n) is 6.56. The zero-order valence-electron chi connectivity index (χ0n) is 23.7. The number of hydrogen-bond acceptors (Lipinski definition) is 8. The lowest BCUT2D eigenvalue weighted by atomic mass is 10.0. The monoisotopic (exact) mass is 538 g/mol. The number of rotatable bonds is 15. The van der Waals surface area contributed by atoms with E-state index in [4.69, 9.17) is 20.0 Å². The molecule has 0 aliphatic rings. The molecule has 0 saturated carbocycles. The molecule has 1 heterocycles. The number of nitrogens with zero attached hydrogens (tertiary/aromatic N) is 3. The maximum atomic E-state index is 11.1. The second kappa shape index (κ2) is 14.2. The van der Waals surface area contributed by atoms with Crippen molar-refractivity contribution in [1.29, 1.82) is 0 Å². The molecular formula is C30H42N4O5. The summed E-state index contributed by atoms with van der Waals surface area (Å²) in [4.78, 5) is 18.1. The molecule has 4 N–H and O–H groups in total. The van der Waals surface area contributed by atoms with Crippen LogP contribution in [0.1, 0.15) is 62.3 Å². The number of amides is 1. The number of aliphatic hydroxyl groups excluding tert-OH is 2. The van der Waals surface area contributed by atoms with E-state index >= 15 is 0 Å². The van der Waals surface area contributed by atoms with Crippen LogP contribution in [0, 0.1) is 6.92 Å². The van der Waals surface area contributed by atoms with Crippen molar-refractivity contribution in [3.63, 3.8) is 0 Å². The fourth-order valence-electron chi connectivity index (χ4n) is 4.71. The van der Waals surface area contributed by atoms with Crippen LogP contribution in [0.5, 0.6) is 5.75 Å².